The quantitative estimate of drug-likeness (QED) is 0.242. The van der Waals surface area contributed by atoms with Crippen molar-refractivity contribution >= 4 is 11.9 Å². The van der Waals surface area contributed by atoms with Crippen LogP contribution in [0.3, 0.4) is 0 Å². The Morgan fingerprint density at radius 1 is 0.833 bits per heavy atom. The second-order valence-corrected chi connectivity index (χ2v) is 10.3. The predicted octanol–water partition coefficient (Wildman–Crippen LogP) is 5.85. The minimum Gasteiger partial charge on any atom is -0.493 e. The lowest BCUT2D eigenvalue weighted by Gasteiger charge is -2.37. The zero-order chi connectivity index (χ0) is 30.9. The van der Waals surface area contributed by atoms with Crippen molar-refractivity contribution in [3.05, 3.63) is 46.6 Å². The van der Waals surface area contributed by atoms with Gasteiger partial charge in [-0.05, 0) is 51.3 Å². The van der Waals surface area contributed by atoms with E-state index in [0.717, 1.165) is 0 Å². The molecule has 2 aromatic carbocycles. The molecule has 0 saturated heterocycles. The number of ether oxygens (including phenoxy) is 7. The van der Waals surface area contributed by atoms with Crippen LogP contribution in [0.25, 0.3) is 11.1 Å². The topological polar surface area (TPSA) is 119 Å². The van der Waals surface area contributed by atoms with Crippen molar-refractivity contribution in [1.29, 1.82) is 0 Å². The van der Waals surface area contributed by atoms with Crippen molar-refractivity contribution in [3.63, 3.8) is 0 Å². The Morgan fingerprint density at radius 3 is 2.05 bits per heavy atom. The van der Waals surface area contributed by atoms with Crippen molar-refractivity contribution in [1.82, 2.24) is 0 Å². The maximum absolute atomic E-state index is 13.3. The Balaban J connectivity index is 2.21. The number of aliphatic hydroxyl groups is 1. The SMILES string of the molecule is C/C=C(/C)C(=O)Oc1c(OC)c(OC)cc2c1-c1c(cc3c(c1OC)OCO3)[C@H](O)[C@H](C)[C@H](C)[C@H]2OC(=O)/C(C)=C\C. The van der Waals surface area contributed by atoms with Crippen LogP contribution in [-0.4, -0.2) is 45.2 Å². The van der Waals surface area contributed by atoms with E-state index in [1.807, 2.05) is 13.8 Å². The first-order chi connectivity index (χ1) is 20.0. The summed E-state index contributed by atoms with van der Waals surface area (Å²) in [7, 11) is 4.36. The third kappa shape index (κ3) is 5.15. The molecule has 226 valence electrons. The first kappa shape index (κ1) is 30.8. The summed E-state index contributed by atoms with van der Waals surface area (Å²) in [6.45, 7) is 10.5. The Hall–Kier alpha value is -4.18. The van der Waals surface area contributed by atoms with E-state index in [-0.39, 0.29) is 29.8 Å². The van der Waals surface area contributed by atoms with Gasteiger partial charge in [-0.15, -0.1) is 0 Å². The fourth-order valence-corrected chi connectivity index (χ4v) is 5.19. The van der Waals surface area contributed by atoms with Crippen LogP contribution in [0.15, 0.2) is 35.4 Å². The molecule has 0 aromatic heterocycles. The highest BCUT2D eigenvalue weighted by atomic mass is 16.7. The van der Waals surface area contributed by atoms with Gasteiger partial charge in [0.1, 0.15) is 6.10 Å². The lowest BCUT2D eigenvalue weighted by Crippen LogP contribution is -2.29. The van der Waals surface area contributed by atoms with Gasteiger partial charge in [-0.25, -0.2) is 9.59 Å². The fourth-order valence-electron chi connectivity index (χ4n) is 5.19. The predicted molar refractivity (Wildman–Crippen MR) is 154 cm³/mol. The highest BCUT2D eigenvalue weighted by molar-refractivity contribution is 5.95. The zero-order valence-electron chi connectivity index (χ0n) is 25.4. The molecule has 0 bridgehead atoms. The van der Waals surface area contributed by atoms with Gasteiger partial charge >= 0.3 is 11.9 Å². The average Bonchev–Trinajstić information content (AvgIpc) is 3.48. The van der Waals surface area contributed by atoms with E-state index in [2.05, 4.69) is 0 Å². The van der Waals surface area contributed by atoms with Crippen molar-refractivity contribution in [2.75, 3.05) is 28.1 Å². The lowest BCUT2D eigenvalue weighted by atomic mass is 9.74. The summed E-state index contributed by atoms with van der Waals surface area (Å²) in [6.07, 6.45) is 1.32. The molecule has 0 spiro atoms. The summed E-state index contributed by atoms with van der Waals surface area (Å²) in [5, 5.41) is 11.8. The molecule has 0 fully saturated rings. The first-order valence-corrected chi connectivity index (χ1v) is 13.7. The minimum atomic E-state index is -1.07. The van der Waals surface area contributed by atoms with E-state index < -0.39 is 36.0 Å². The largest absolute Gasteiger partial charge is 0.493 e. The number of carbonyl (C=O) groups excluding carboxylic acids is 2. The molecule has 42 heavy (non-hydrogen) atoms. The Kier molecular flexibility index (Phi) is 9.06. The first-order valence-electron chi connectivity index (χ1n) is 13.7. The van der Waals surface area contributed by atoms with Gasteiger partial charge in [-0.1, -0.05) is 26.0 Å². The van der Waals surface area contributed by atoms with E-state index in [1.54, 1.807) is 52.0 Å². The molecule has 0 radical (unpaired) electrons. The number of carbonyl (C=O) groups is 2. The molecule has 1 aliphatic carbocycles. The molecule has 0 saturated carbocycles. The van der Waals surface area contributed by atoms with Crippen molar-refractivity contribution in [3.8, 4) is 45.6 Å². The Labute approximate surface area is 245 Å². The third-order valence-electron chi connectivity index (χ3n) is 8.13. The molecule has 1 aliphatic heterocycles. The molecule has 4 atom stereocenters. The summed E-state index contributed by atoms with van der Waals surface area (Å²) >= 11 is 0. The van der Waals surface area contributed by atoms with Gasteiger partial charge in [0.25, 0.3) is 0 Å². The van der Waals surface area contributed by atoms with Crippen molar-refractivity contribution in [2.45, 2.75) is 53.8 Å². The number of fused-ring (bicyclic) bond motifs is 4. The van der Waals surface area contributed by atoms with Crippen molar-refractivity contribution in [2.24, 2.45) is 11.8 Å². The lowest BCUT2D eigenvalue weighted by molar-refractivity contribution is -0.149. The molecule has 2 aliphatic rings. The molecule has 1 heterocycles. The van der Waals surface area contributed by atoms with E-state index in [4.69, 9.17) is 33.2 Å². The minimum absolute atomic E-state index is 0.00854. The van der Waals surface area contributed by atoms with Crippen LogP contribution >= 0.6 is 0 Å². The number of rotatable bonds is 7. The molecule has 10 heteroatoms. The molecule has 0 amide bonds. The number of hydrogen-bond donors (Lipinski definition) is 1. The van der Waals surface area contributed by atoms with Crippen LogP contribution in [-0.2, 0) is 14.3 Å². The van der Waals surface area contributed by atoms with E-state index >= 15 is 0 Å². The number of hydrogen-bond acceptors (Lipinski definition) is 10. The van der Waals surface area contributed by atoms with E-state index in [0.29, 0.717) is 44.9 Å². The maximum atomic E-state index is 13.3. The highest BCUT2D eigenvalue weighted by Gasteiger charge is 2.43. The van der Waals surface area contributed by atoms with Gasteiger partial charge < -0.3 is 38.3 Å². The van der Waals surface area contributed by atoms with Crippen molar-refractivity contribution < 1.29 is 47.9 Å². The van der Waals surface area contributed by atoms with Crippen LogP contribution in [0.4, 0.5) is 0 Å². The summed E-state index contributed by atoms with van der Waals surface area (Å²) in [5.41, 5.74) is 2.40. The van der Waals surface area contributed by atoms with Crippen LogP contribution in [0.1, 0.15) is 64.9 Å². The molecule has 4 rings (SSSR count). The zero-order valence-corrected chi connectivity index (χ0v) is 25.4. The maximum Gasteiger partial charge on any atom is 0.338 e. The summed E-state index contributed by atoms with van der Waals surface area (Å²) in [5.74, 6) is -0.627. The second kappa shape index (κ2) is 12.4. The van der Waals surface area contributed by atoms with Crippen LogP contribution < -0.4 is 28.4 Å². The van der Waals surface area contributed by atoms with Gasteiger partial charge in [-0.3, -0.25) is 0 Å². The molecule has 0 unspecified atom stereocenters. The Morgan fingerprint density at radius 2 is 1.45 bits per heavy atom. The molecule has 1 N–H and O–H groups in total. The molecule has 10 nitrogen and oxygen atoms in total. The van der Waals surface area contributed by atoms with Crippen LogP contribution in [0.5, 0.6) is 34.5 Å². The number of methoxy groups -OCH3 is 3. The molecule has 2 aromatic rings. The Bertz CT molecular complexity index is 1450. The van der Waals surface area contributed by atoms with Gasteiger partial charge in [0, 0.05) is 33.8 Å². The molecular formula is C32H38O10. The highest BCUT2D eigenvalue weighted by Crippen LogP contribution is 2.60. The summed E-state index contributed by atoms with van der Waals surface area (Å²) in [4.78, 5) is 26.5. The summed E-state index contributed by atoms with van der Waals surface area (Å²) in [6, 6.07) is 3.40. The van der Waals surface area contributed by atoms with Gasteiger partial charge in [0.05, 0.1) is 27.4 Å². The average molecular weight is 583 g/mol. The van der Waals surface area contributed by atoms with Gasteiger partial charge in [0.2, 0.25) is 18.3 Å². The van der Waals surface area contributed by atoms with Crippen LogP contribution in [0.2, 0.25) is 0 Å². The summed E-state index contributed by atoms with van der Waals surface area (Å²) < 4.78 is 41.0. The molecular weight excluding hydrogens is 544 g/mol. The fraction of sp³-hybridized carbons (Fsp3) is 0.438. The number of benzene rings is 2. The normalized spacial score (nSPS) is 21.4. The third-order valence-corrected chi connectivity index (χ3v) is 8.13. The smallest absolute Gasteiger partial charge is 0.338 e. The monoisotopic (exact) mass is 582 g/mol. The van der Waals surface area contributed by atoms with Gasteiger partial charge in [0.15, 0.2) is 23.0 Å². The number of allylic oxidation sites excluding steroid dienone is 2. The standard InChI is InChI=1S/C32H38O10/c1-10-15(3)31(34)41-26-18(6)17(5)25(33)19-12-22-28(40-14-39-22)29(38-9)23(19)24-20(26)13-21(36-7)27(37-8)30(24)42-32(35)16(4)11-2/h10-13,17-18,25-26,33H,14H2,1-9H3/b15-10-,16-11-/t17-,18+,25-,26-/m1/s1. The van der Waals surface area contributed by atoms with Gasteiger partial charge in [-0.2, -0.15) is 0 Å². The van der Waals surface area contributed by atoms with Crippen LogP contribution in [0, 0.1) is 11.8 Å². The van der Waals surface area contributed by atoms with E-state index in [1.165, 1.54) is 21.3 Å². The second-order valence-electron chi connectivity index (χ2n) is 10.3. The number of esters is 2. The van der Waals surface area contributed by atoms with E-state index in [9.17, 15) is 14.7 Å². The number of aliphatic hydroxyl groups excluding tert-OH is 1.